The minimum atomic E-state index is -0.546. The van der Waals surface area contributed by atoms with E-state index in [0.29, 0.717) is 10.0 Å². The maximum Gasteiger partial charge on any atom is 0.277 e. The number of nitrogens with zero attached hydrogens (tertiary/aromatic N) is 1. The number of carbonyl (C=O) groups excluding carboxylic acids is 1. The summed E-state index contributed by atoms with van der Waals surface area (Å²) in [5, 5.41) is 13.5. The zero-order valence-corrected chi connectivity index (χ0v) is 14.2. The van der Waals surface area contributed by atoms with Crippen LogP contribution in [0, 0.1) is 5.82 Å². The Bertz CT molecular complexity index is 768. The lowest BCUT2D eigenvalue weighted by Gasteiger charge is -2.07. The van der Waals surface area contributed by atoms with Gasteiger partial charge < -0.3 is 14.6 Å². The monoisotopic (exact) mass is 396 g/mol. The molecule has 0 atom stereocenters. The number of aromatic hydroxyl groups is 1. The van der Waals surface area contributed by atoms with Crippen LogP contribution in [0.3, 0.4) is 0 Å². The van der Waals surface area contributed by atoms with E-state index in [1.165, 1.54) is 31.5 Å². The molecule has 0 radical (unpaired) electrons. The van der Waals surface area contributed by atoms with Gasteiger partial charge in [0.15, 0.2) is 29.7 Å². The summed E-state index contributed by atoms with van der Waals surface area (Å²) < 4.78 is 23.8. The van der Waals surface area contributed by atoms with Crippen molar-refractivity contribution < 1.29 is 23.8 Å². The van der Waals surface area contributed by atoms with Crippen molar-refractivity contribution in [1.29, 1.82) is 0 Å². The number of nitrogens with one attached hydrogen (secondary N) is 1. The third-order valence-electron chi connectivity index (χ3n) is 2.87. The van der Waals surface area contributed by atoms with Crippen LogP contribution in [0.4, 0.5) is 4.39 Å². The first-order valence-electron chi connectivity index (χ1n) is 6.77. The van der Waals surface area contributed by atoms with E-state index in [1.807, 2.05) is 0 Å². The Morgan fingerprint density at radius 1 is 1.38 bits per heavy atom. The molecule has 2 aromatic rings. The summed E-state index contributed by atoms with van der Waals surface area (Å²) in [5.74, 6) is -0.866. The van der Waals surface area contributed by atoms with Gasteiger partial charge in [0.1, 0.15) is 0 Å². The first-order chi connectivity index (χ1) is 11.5. The van der Waals surface area contributed by atoms with E-state index in [4.69, 9.17) is 9.47 Å². The highest BCUT2D eigenvalue weighted by Gasteiger charge is 2.08. The summed E-state index contributed by atoms with van der Waals surface area (Å²) in [7, 11) is 1.42. The molecule has 2 N–H and O–H groups in total. The number of hydrazone groups is 1. The van der Waals surface area contributed by atoms with Crippen LogP contribution in [0.15, 0.2) is 46.0 Å². The summed E-state index contributed by atoms with van der Waals surface area (Å²) in [6.07, 6.45) is 1.37. The van der Waals surface area contributed by atoms with Crippen LogP contribution in [0.25, 0.3) is 0 Å². The highest BCUT2D eigenvalue weighted by Crippen LogP contribution is 2.34. The maximum absolute atomic E-state index is 13.3. The summed E-state index contributed by atoms with van der Waals surface area (Å²) >= 11 is 3.18. The van der Waals surface area contributed by atoms with Gasteiger partial charge >= 0.3 is 0 Å². The molecule has 0 aliphatic rings. The van der Waals surface area contributed by atoms with Crippen molar-refractivity contribution in [3.63, 3.8) is 0 Å². The fourth-order valence-corrected chi connectivity index (χ4v) is 2.20. The lowest BCUT2D eigenvalue weighted by Crippen LogP contribution is -2.24. The predicted octanol–water partition coefficient (Wildman–Crippen LogP) is 2.83. The molecule has 6 nitrogen and oxygen atoms in total. The third-order valence-corrected chi connectivity index (χ3v) is 3.47. The Balaban J connectivity index is 1.91. The first-order valence-corrected chi connectivity index (χ1v) is 7.56. The van der Waals surface area contributed by atoms with Gasteiger partial charge in [-0.3, -0.25) is 4.79 Å². The number of halogens is 2. The SMILES string of the molecule is COc1cc(C=NNC(=O)COc2ccccc2F)cc(Br)c1O. The van der Waals surface area contributed by atoms with E-state index in [0.717, 1.165) is 0 Å². The largest absolute Gasteiger partial charge is 0.503 e. The van der Waals surface area contributed by atoms with E-state index in [9.17, 15) is 14.3 Å². The van der Waals surface area contributed by atoms with Crippen molar-refractivity contribution in [2.24, 2.45) is 5.10 Å². The van der Waals surface area contributed by atoms with Gasteiger partial charge in [0.25, 0.3) is 5.91 Å². The van der Waals surface area contributed by atoms with Crippen molar-refractivity contribution in [1.82, 2.24) is 5.43 Å². The van der Waals surface area contributed by atoms with Crippen LogP contribution in [0.2, 0.25) is 0 Å². The second kappa shape index (κ2) is 8.30. The molecule has 0 spiro atoms. The van der Waals surface area contributed by atoms with Gasteiger partial charge in [0, 0.05) is 0 Å². The Kier molecular flexibility index (Phi) is 6.14. The van der Waals surface area contributed by atoms with Gasteiger partial charge in [-0.2, -0.15) is 5.10 Å². The molecular weight excluding hydrogens is 383 g/mol. The number of hydrogen-bond acceptors (Lipinski definition) is 5. The van der Waals surface area contributed by atoms with Crippen LogP contribution < -0.4 is 14.9 Å². The van der Waals surface area contributed by atoms with Gasteiger partial charge in [0.2, 0.25) is 0 Å². The van der Waals surface area contributed by atoms with Crippen molar-refractivity contribution in [2.45, 2.75) is 0 Å². The van der Waals surface area contributed by atoms with E-state index in [1.54, 1.807) is 18.2 Å². The Morgan fingerprint density at radius 3 is 2.83 bits per heavy atom. The van der Waals surface area contributed by atoms with Crippen LogP contribution in [0.5, 0.6) is 17.2 Å². The standard InChI is InChI=1S/C16H14BrFN2O4/c1-23-14-7-10(6-11(17)16(14)22)8-19-20-15(21)9-24-13-5-3-2-4-12(13)18/h2-8,22H,9H2,1H3,(H,20,21). The number of carbonyl (C=O) groups is 1. The number of phenols is 1. The van der Waals surface area contributed by atoms with Crippen molar-refractivity contribution in [3.05, 3.63) is 52.3 Å². The number of amides is 1. The van der Waals surface area contributed by atoms with E-state index >= 15 is 0 Å². The lowest BCUT2D eigenvalue weighted by molar-refractivity contribution is -0.123. The number of benzene rings is 2. The molecule has 1 amide bonds. The molecule has 0 saturated heterocycles. The minimum Gasteiger partial charge on any atom is -0.503 e. The van der Waals surface area contributed by atoms with E-state index in [2.05, 4.69) is 26.5 Å². The molecule has 0 aliphatic carbocycles. The second-order valence-corrected chi connectivity index (χ2v) is 5.42. The van der Waals surface area contributed by atoms with Crippen LogP contribution >= 0.6 is 15.9 Å². The van der Waals surface area contributed by atoms with Crippen LogP contribution in [-0.2, 0) is 4.79 Å². The summed E-state index contributed by atoms with van der Waals surface area (Å²) in [4.78, 5) is 11.6. The molecule has 0 bridgehead atoms. The zero-order valence-electron chi connectivity index (χ0n) is 12.6. The summed E-state index contributed by atoms with van der Waals surface area (Å²) in [6.45, 7) is -0.374. The summed E-state index contributed by atoms with van der Waals surface area (Å²) in [6, 6.07) is 8.93. The van der Waals surface area contributed by atoms with Gasteiger partial charge in [-0.05, 0) is 45.8 Å². The lowest BCUT2D eigenvalue weighted by atomic mass is 10.2. The second-order valence-electron chi connectivity index (χ2n) is 4.57. The average molecular weight is 397 g/mol. The Hall–Kier alpha value is -2.61. The molecule has 0 aliphatic heterocycles. The fourth-order valence-electron chi connectivity index (χ4n) is 1.74. The Morgan fingerprint density at radius 2 is 2.12 bits per heavy atom. The quantitative estimate of drug-likeness (QED) is 0.581. The van der Waals surface area contributed by atoms with Gasteiger partial charge in [0.05, 0.1) is 17.8 Å². The Labute approximate surface area is 146 Å². The molecule has 0 saturated carbocycles. The van der Waals surface area contributed by atoms with Crippen molar-refractivity contribution in [3.8, 4) is 17.2 Å². The van der Waals surface area contributed by atoms with E-state index in [-0.39, 0.29) is 23.9 Å². The van der Waals surface area contributed by atoms with Crippen LogP contribution in [0.1, 0.15) is 5.56 Å². The third kappa shape index (κ3) is 4.69. The average Bonchev–Trinajstić information content (AvgIpc) is 2.57. The molecule has 0 heterocycles. The van der Waals surface area contributed by atoms with E-state index < -0.39 is 11.7 Å². The molecule has 24 heavy (non-hydrogen) atoms. The van der Waals surface area contributed by atoms with Gasteiger partial charge in [-0.25, -0.2) is 9.82 Å². The normalized spacial score (nSPS) is 10.6. The maximum atomic E-state index is 13.3. The number of phenolic OH excluding ortho intramolecular Hbond substituents is 1. The van der Waals surface area contributed by atoms with Crippen molar-refractivity contribution in [2.75, 3.05) is 13.7 Å². The highest BCUT2D eigenvalue weighted by atomic mass is 79.9. The first kappa shape index (κ1) is 17.7. The smallest absolute Gasteiger partial charge is 0.277 e. The van der Waals surface area contributed by atoms with Crippen LogP contribution in [-0.4, -0.2) is 30.9 Å². The number of para-hydroxylation sites is 1. The molecule has 8 heteroatoms. The molecule has 2 rings (SSSR count). The molecule has 0 fully saturated rings. The minimum absolute atomic E-state index is 0.0103. The topological polar surface area (TPSA) is 80.2 Å². The molecule has 0 aromatic heterocycles. The van der Waals surface area contributed by atoms with Gasteiger partial charge in [-0.1, -0.05) is 12.1 Å². The number of methoxy groups -OCH3 is 1. The number of ether oxygens (including phenoxy) is 2. The molecule has 2 aromatic carbocycles. The predicted molar refractivity (Wildman–Crippen MR) is 90.0 cm³/mol. The highest BCUT2D eigenvalue weighted by molar-refractivity contribution is 9.10. The number of hydrogen-bond donors (Lipinski definition) is 2. The molecule has 126 valence electrons. The zero-order chi connectivity index (χ0) is 17.5. The molecule has 0 unspecified atom stereocenters. The van der Waals surface area contributed by atoms with Crippen molar-refractivity contribution >= 4 is 28.1 Å². The molecular formula is C16H14BrFN2O4. The van der Waals surface area contributed by atoms with Gasteiger partial charge in [-0.15, -0.1) is 0 Å². The number of rotatable bonds is 6. The summed E-state index contributed by atoms with van der Waals surface area (Å²) in [5.41, 5.74) is 2.85. The fraction of sp³-hybridized carbons (Fsp3) is 0.125.